The van der Waals surface area contributed by atoms with Gasteiger partial charge in [-0.25, -0.2) is 18.2 Å². The summed E-state index contributed by atoms with van der Waals surface area (Å²) in [4.78, 5) is 17.9. The average molecular weight is 346 g/mol. The van der Waals surface area contributed by atoms with Crippen LogP contribution in [0.5, 0.6) is 0 Å². The lowest BCUT2D eigenvalue weighted by Gasteiger charge is -2.29. The molecule has 2 rings (SSSR count). The molecule has 1 saturated heterocycles. The summed E-state index contributed by atoms with van der Waals surface area (Å²) < 4.78 is 26.8. The van der Waals surface area contributed by atoms with E-state index in [9.17, 15) is 13.2 Å². The van der Waals surface area contributed by atoms with E-state index < -0.39 is 10.0 Å². The van der Waals surface area contributed by atoms with E-state index in [-0.39, 0.29) is 17.5 Å². The summed E-state index contributed by atoms with van der Waals surface area (Å²) in [5.74, 6) is 0. The lowest BCUT2D eigenvalue weighted by molar-refractivity contribution is 0.316. The molecule has 6 nitrogen and oxygen atoms in total. The molecule has 0 radical (unpaired) electrons. The summed E-state index contributed by atoms with van der Waals surface area (Å²) in [6.45, 7) is 0.643. The number of pyridine rings is 1. The molecular weight excluding hydrogens is 334 g/mol. The van der Waals surface area contributed by atoms with Crippen molar-refractivity contribution in [2.24, 2.45) is 4.99 Å². The Morgan fingerprint density at radius 1 is 1.47 bits per heavy atom. The fourth-order valence-corrected chi connectivity index (χ4v) is 4.02. The normalized spacial score (nSPS) is 20.8. The summed E-state index contributed by atoms with van der Waals surface area (Å²) in [5, 5.41) is 0. The van der Waals surface area contributed by atoms with Gasteiger partial charge in [-0.3, -0.25) is 4.98 Å². The highest BCUT2D eigenvalue weighted by Crippen LogP contribution is 2.23. The molecule has 19 heavy (non-hydrogen) atoms. The minimum atomic E-state index is -3.58. The number of aromatic nitrogens is 1. The van der Waals surface area contributed by atoms with Gasteiger partial charge < -0.3 is 0 Å². The van der Waals surface area contributed by atoms with Gasteiger partial charge in [-0.05, 0) is 34.8 Å². The Morgan fingerprint density at radius 3 is 2.95 bits per heavy atom. The molecule has 8 heteroatoms. The van der Waals surface area contributed by atoms with Crippen molar-refractivity contribution in [3.05, 3.63) is 22.9 Å². The van der Waals surface area contributed by atoms with E-state index in [0.717, 1.165) is 0 Å². The van der Waals surface area contributed by atoms with Crippen LogP contribution in [0.15, 0.2) is 32.8 Å². The minimum Gasteiger partial charge on any atom is -0.262 e. The zero-order valence-electron chi connectivity index (χ0n) is 9.99. The fourth-order valence-electron chi connectivity index (χ4n) is 2.00. The fraction of sp³-hybridized carbons (Fsp3) is 0.455. The smallest absolute Gasteiger partial charge is 0.244 e. The van der Waals surface area contributed by atoms with Crippen LogP contribution in [0.25, 0.3) is 0 Å². The molecule has 1 aromatic heterocycles. The zero-order valence-corrected chi connectivity index (χ0v) is 12.4. The first kappa shape index (κ1) is 14.3. The van der Waals surface area contributed by atoms with Crippen molar-refractivity contribution in [2.45, 2.75) is 23.8 Å². The molecule has 0 aliphatic carbocycles. The van der Waals surface area contributed by atoms with Crippen molar-refractivity contribution in [2.75, 3.05) is 13.1 Å². The number of aliphatic imine (C=N–C) groups is 1. The maximum atomic E-state index is 12.4. The first-order chi connectivity index (χ1) is 9.04. The summed E-state index contributed by atoms with van der Waals surface area (Å²) in [6.07, 6.45) is 5.71. The van der Waals surface area contributed by atoms with Crippen molar-refractivity contribution in [1.82, 2.24) is 9.29 Å². The molecule has 0 saturated carbocycles. The lowest BCUT2D eigenvalue weighted by atomic mass is 10.1. The summed E-state index contributed by atoms with van der Waals surface area (Å²) >= 11 is 3.20. The number of sulfonamides is 1. The quantitative estimate of drug-likeness (QED) is 0.611. The molecule has 1 aromatic rings. The number of halogens is 1. The molecular formula is C11H12BrN3O3S. The maximum absolute atomic E-state index is 12.4. The Balaban J connectivity index is 2.27. The van der Waals surface area contributed by atoms with Gasteiger partial charge >= 0.3 is 0 Å². The summed E-state index contributed by atoms with van der Waals surface area (Å²) in [5.41, 5.74) is 0. The van der Waals surface area contributed by atoms with Crippen LogP contribution in [-0.2, 0) is 14.8 Å². The van der Waals surface area contributed by atoms with Gasteiger partial charge in [0, 0.05) is 30.0 Å². The molecule has 1 aliphatic rings. The van der Waals surface area contributed by atoms with Crippen LogP contribution < -0.4 is 0 Å². The highest BCUT2D eigenvalue weighted by atomic mass is 79.9. The summed E-state index contributed by atoms with van der Waals surface area (Å²) in [6, 6.07) is 1.20. The van der Waals surface area contributed by atoms with Gasteiger partial charge in [0.25, 0.3) is 0 Å². The van der Waals surface area contributed by atoms with E-state index in [1.54, 1.807) is 0 Å². The van der Waals surface area contributed by atoms with E-state index in [1.165, 1.54) is 28.8 Å². The van der Waals surface area contributed by atoms with Gasteiger partial charge in [0.15, 0.2) is 0 Å². The molecule has 1 unspecified atom stereocenters. The second kappa shape index (κ2) is 5.92. The molecule has 1 atom stereocenters. The second-order valence-electron chi connectivity index (χ2n) is 4.22. The standard InChI is InChI=1S/C11H12BrN3O3S/c12-9-4-11(6-13-5-9)19(17,18)15-3-1-2-10(7-15)14-8-16/h4-6,10H,1-3,7H2. The highest BCUT2D eigenvalue weighted by molar-refractivity contribution is 9.10. The van der Waals surface area contributed by atoms with Gasteiger partial charge in [0.1, 0.15) is 4.90 Å². The van der Waals surface area contributed by atoms with Crippen LogP contribution in [0.3, 0.4) is 0 Å². The predicted octanol–water partition coefficient (Wildman–Crippen LogP) is 1.33. The van der Waals surface area contributed by atoms with Gasteiger partial charge in [-0.1, -0.05) is 0 Å². The largest absolute Gasteiger partial charge is 0.262 e. The van der Waals surface area contributed by atoms with Crippen LogP contribution >= 0.6 is 15.9 Å². The van der Waals surface area contributed by atoms with Crippen LogP contribution in [-0.4, -0.2) is 42.9 Å². The molecule has 0 spiro atoms. The van der Waals surface area contributed by atoms with Crippen molar-refractivity contribution in [3.63, 3.8) is 0 Å². The van der Waals surface area contributed by atoms with Gasteiger partial charge in [0.2, 0.25) is 16.1 Å². The van der Waals surface area contributed by atoms with Crippen molar-refractivity contribution in [3.8, 4) is 0 Å². The van der Waals surface area contributed by atoms with Crippen LogP contribution in [0.1, 0.15) is 12.8 Å². The number of carbonyl (C=O) groups excluding carboxylic acids is 1. The second-order valence-corrected chi connectivity index (χ2v) is 7.07. The molecule has 0 bridgehead atoms. The molecule has 1 aliphatic heterocycles. The summed E-state index contributed by atoms with van der Waals surface area (Å²) in [7, 11) is -3.58. The van der Waals surface area contributed by atoms with E-state index >= 15 is 0 Å². The molecule has 0 aromatic carbocycles. The molecule has 102 valence electrons. The number of piperidine rings is 1. The highest BCUT2D eigenvalue weighted by Gasteiger charge is 2.30. The Hall–Kier alpha value is -1.08. The molecule has 1 fully saturated rings. The Labute approximate surface area is 119 Å². The number of rotatable bonds is 3. The number of hydrogen-bond donors (Lipinski definition) is 0. The Bertz CT molecular complexity index is 613. The van der Waals surface area contributed by atoms with E-state index in [1.807, 2.05) is 0 Å². The SMILES string of the molecule is O=C=NC1CCCN(S(=O)(=O)c2cncc(Br)c2)C1. The van der Waals surface area contributed by atoms with Gasteiger partial charge in [-0.15, -0.1) is 0 Å². The third kappa shape index (κ3) is 3.27. The third-order valence-corrected chi connectivity index (χ3v) is 5.18. The third-order valence-electron chi connectivity index (χ3n) is 2.91. The van der Waals surface area contributed by atoms with Gasteiger partial charge in [0.05, 0.1) is 6.04 Å². The Morgan fingerprint density at radius 2 is 2.26 bits per heavy atom. The van der Waals surface area contributed by atoms with Crippen molar-refractivity contribution in [1.29, 1.82) is 0 Å². The van der Waals surface area contributed by atoms with E-state index in [0.29, 0.717) is 23.9 Å². The zero-order chi connectivity index (χ0) is 13.9. The topological polar surface area (TPSA) is 79.7 Å². The number of hydrogen-bond acceptors (Lipinski definition) is 5. The lowest BCUT2D eigenvalue weighted by Crippen LogP contribution is -2.41. The predicted molar refractivity (Wildman–Crippen MR) is 71.8 cm³/mol. The van der Waals surface area contributed by atoms with Crippen LogP contribution in [0, 0.1) is 0 Å². The van der Waals surface area contributed by atoms with Crippen molar-refractivity contribution < 1.29 is 13.2 Å². The average Bonchev–Trinajstić information content (AvgIpc) is 2.39. The van der Waals surface area contributed by atoms with Crippen LogP contribution in [0.2, 0.25) is 0 Å². The first-order valence-electron chi connectivity index (χ1n) is 5.71. The van der Waals surface area contributed by atoms with Crippen molar-refractivity contribution >= 4 is 32.0 Å². The maximum Gasteiger partial charge on any atom is 0.244 e. The molecule has 0 amide bonds. The number of isocyanates is 1. The monoisotopic (exact) mass is 345 g/mol. The molecule has 2 heterocycles. The first-order valence-corrected chi connectivity index (χ1v) is 7.95. The number of nitrogens with zero attached hydrogens (tertiary/aromatic N) is 3. The Kier molecular flexibility index (Phi) is 4.46. The van der Waals surface area contributed by atoms with Gasteiger partial charge in [-0.2, -0.15) is 4.31 Å². The molecule has 0 N–H and O–H groups in total. The van der Waals surface area contributed by atoms with E-state index in [4.69, 9.17) is 0 Å². The minimum absolute atomic E-state index is 0.137. The van der Waals surface area contributed by atoms with Crippen LogP contribution in [0.4, 0.5) is 0 Å². The van der Waals surface area contributed by atoms with E-state index in [2.05, 4.69) is 25.9 Å².